The maximum Gasteiger partial charge on any atom is 0.338 e. The van der Waals surface area contributed by atoms with Crippen molar-refractivity contribution < 1.29 is 58.9 Å². The van der Waals surface area contributed by atoms with Crippen LogP contribution in [0, 0.1) is 17.8 Å². The molecule has 5 aliphatic rings. The zero-order chi connectivity index (χ0) is 48.2. The van der Waals surface area contributed by atoms with Gasteiger partial charge in [0.1, 0.15) is 42.7 Å². The molecule has 0 unspecified atom stereocenters. The third-order valence-corrected chi connectivity index (χ3v) is 13.3. The number of carbonyl (C=O) groups excluding carboxylic acids is 4. The lowest BCUT2D eigenvalue weighted by Gasteiger charge is -2.28. The molecule has 2 aliphatic carbocycles. The topological polar surface area (TPSA) is 236 Å². The Labute approximate surface area is 400 Å². The Balaban J connectivity index is 0.000000241. The number of halogens is 1. The number of rotatable bonds is 13. The van der Waals surface area contributed by atoms with E-state index in [0.29, 0.717) is 24.9 Å². The number of hydrogen-bond acceptors (Lipinski definition) is 15. The molecule has 10 atom stereocenters. The number of likely N-dealkylation sites (N-methyl/N-ethyl adjacent to an activating group) is 2. The lowest BCUT2D eigenvalue weighted by atomic mass is 9.92. The highest BCUT2D eigenvalue weighted by molar-refractivity contribution is 6.02. The van der Waals surface area contributed by atoms with E-state index in [0.717, 1.165) is 61.3 Å². The summed E-state index contributed by atoms with van der Waals surface area (Å²) in [6.07, 6.45) is 5.94. The van der Waals surface area contributed by atoms with Crippen LogP contribution in [0.3, 0.4) is 0 Å². The van der Waals surface area contributed by atoms with E-state index in [1.165, 1.54) is 33.1 Å². The Bertz CT molecular complexity index is 2000. The van der Waals surface area contributed by atoms with Crippen molar-refractivity contribution in [3.8, 4) is 0 Å². The van der Waals surface area contributed by atoms with Crippen LogP contribution in [0.1, 0.15) is 57.8 Å². The molecule has 2 aromatic carbocycles. The largest absolute Gasteiger partial charge is 0.454 e. The highest BCUT2D eigenvalue weighted by Gasteiger charge is 2.47. The van der Waals surface area contributed by atoms with Gasteiger partial charge in [-0.05, 0) is 61.8 Å². The molecule has 18 heteroatoms. The van der Waals surface area contributed by atoms with Gasteiger partial charge in [0.25, 0.3) is 0 Å². The SMILES string of the molecule is CN1C[C@H](N)C(=O)N(C)c2ccccc21.CO[C@@H](C(=O)C[C@H]1CN(C)c2ccccc2N(C)C1=O)[C@H](O)[C@@H](O)[C@H](O)/C=C/C1CCCC1.CO[C@H]1C(=O)O[C@@H]([C@H](O)/C=C/C2CCCC2)[C@H]1O.Cl. The summed E-state index contributed by atoms with van der Waals surface area (Å²) in [5, 5.41) is 51.1. The molecule has 7 rings (SSSR count). The van der Waals surface area contributed by atoms with Crippen molar-refractivity contribution in [3.05, 3.63) is 72.8 Å². The zero-order valence-electron chi connectivity index (χ0n) is 39.5. The number of cyclic esters (lactones) is 1. The van der Waals surface area contributed by atoms with E-state index in [4.69, 9.17) is 19.9 Å². The molecule has 0 spiro atoms. The second kappa shape index (κ2) is 25.8. The number of aliphatic hydroxyl groups excluding tert-OH is 5. The van der Waals surface area contributed by atoms with Gasteiger partial charge in [0.05, 0.1) is 28.7 Å². The fraction of sp³-hybridized carbons (Fsp3) is 0.592. The molecule has 2 aromatic rings. The molecular weight excluding hydrogens is 886 g/mol. The van der Waals surface area contributed by atoms with Gasteiger partial charge < -0.3 is 65.1 Å². The van der Waals surface area contributed by atoms with Crippen LogP contribution in [0.5, 0.6) is 0 Å². The van der Waals surface area contributed by atoms with Crippen LogP contribution in [0.25, 0.3) is 0 Å². The van der Waals surface area contributed by atoms with Gasteiger partial charge in [-0.2, -0.15) is 0 Å². The van der Waals surface area contributed by atoms with Gasteiger partial charge in [-0.25, -0.2) is 4.79 Å². The van der Waals surface area contributed by atoms with Crippen molar-refractivity contribution in [1.82, 2.24) is 0 Å². The number of para-hydroxylation sites is 4. The van der Waals surface area contributed by atoms with Gasteiger partial charge in [-0.15, -0.1) is 12.4 Å². The summed E-state index contributed by atoms with van der Waals surface area (Å²) in [6.45, 7) is 0.883. The molecule has 3 fully saturated rings. The number of allylic oxidation sites excluding steroid dienone is 2. The monoisotopic (exact) mass is 957 g/mol. The first-order valence-corrected chi connectivity index (χ1v) is 23.0. The zero-order valence-corrected chi connectivity index (χ0v) is 40.3. The van der Waals surface area contributed by atoms with Crippen molar-refractivity contribution in [2.24, 2.45) is 23.5 Å². The Morgan fingerprint density at radius 3 is 1.72 bits per heavy atom. The maximum absolute atomic E-state index is 13.1. The van der Waals surface area contributed by atoms with Crippen LogP contribution in [0.4, 0.5) is 22.7 Å². The number of ketones is 1. The summed E-state index contributed by atoms with van der Waals surface area (Å²) < 4.78 is 15.0. The normalized spacial score (nSPS) is 25.7. The number of amides is 2. The molecule has 3 heterocycles. The van der Waals surface area contributed by atoms with Gasteiger partial charge in [0.2, 0.25) is 11.8 Å². The van der Waals surface area contributed by atoms with Crippen molar-refractivity contribution >= 4 is 58.7 Å². The van der Waals surface area contributed by atoms with E-state index >= 15 is 0 Å². The minimum Gasteiger partial charge on any atom is -0.454 e. The summed E-state index contributed by atoms with van der Waals surface area (Å²) in [7, 11) is 9.85. The Hall–Kier alpha value is -4.43. The number of nitrogens with two attached hydrogens (primary N) is 1. The lowest BCUT2D eigenvalue weighted by Crippen LogP contribution is -2.49. The van der Waals surface area contributed by atoms with Crippen molar-refractivity contribution in [2.45, 2.75) is 113 Å². The third kappa shape index (κ3) is 13.9. The minimum absolute atomic E-state index is 0. The Morgan fingerprint density at radius 1 is 0.746 bits per heavy atom. The first-order chi connectivity index (χ1) is 31.5. The van der Waals surface area contributed by atoms with Crippen LogP contribution in [0.2, 0.25) is 0 Å². The highest BCUT2D eigenvalue weighted by Crippen LogP contribution is 2.34. The molecule has 2 saturated carbocycles. The number of hydrogen-bond donors (Lipinski definition) is 6. The third-order valence-electron chi connectivity index (χ3n) is 13.3. The second-order valence-electron chi connectivity index (χ2n) is 18.0. The summed E-state index contributed by atoms with van der Waals surface area (Å²) in [5.74, 6) is -1.15. The summed E-state index contributed by atoms with van der Waals surface area (Å²) in [5.41, 5.74) is 9.41. The predicted molar refractivity (Wildman–Crippen MR) is 258 cm³/mol. The molecule has 0 radical (unpaired) electrons. The number of ether oxygens (including phenoxy) is 3. The molecule has 7 N–H and O–H groups in total. The Kier molecular flexibility index (Phi) is 21.2. The van der Waals surface area contributed by atoms with Gasteiger partial charge in [-0.3, -0.25) is 14.4 Å². The number of benzene rings is 2. The van der Waals surface area contributed by atoms with Crippen LogP contribution in [-0.2, 0) is 33.4 Å². The summed E-state index contributed by atoms with van der Waals surface area (Å²) in [4.78, 5) is 56.4. The van der Waals surface area contributed by atoms with E-state index in [9.17, 15) is 44.7 Å². The molecule has 17 nitrogen and oxygen atoms in total. The van der Waals surface area contributed by atoms with Crippen molar-refractivity contribution in [2.75, 3.05) is 75.1 Å². The Morgan fingerprint density at radius 2 is 1.22 bits per heavy atom. The maximum atomic E-state index is 13.1. The van der Waals surface area contributed by atoms with Crippen LogP contribution >= 0.6 is 12.4 Å². The van der Waals surface area contributed by atoms with Crippen LogP contribution in [0.15, 0.2) is 72.8 Å². The fourth-order valence-electron chi connectivity index (χ4n) is 9.39. The van der Waals surface area contributed by atoms with Crippen LogP contribution < -0.4 is 25.3 Å². The van der Waals surface area contributed by atoms with Crippen molar-refractivity contribution in [3.63, 3.8) is 0 Å². The van der Waals surface area contributed by atoms with E-state index in [1.54, 1.807) is 30.0 Å². The minimum atomic E-state index is -1.63. The first kappa shape index (κ1) is 55.2. The van der Waals surface area contributed by atoms with E-state index in [-0.39, 0.29) is 30.6 Å². The number of methoxy groups -OCH3 is 2. The molecule has 372 valence electrons. The summed E-state index contributed by atoms with van der Waals surface area (Å²) >= 11 is 0. The molecule has 0 aromatic heterocycles. The molecule has 1 saturated heterocycles. The second-order valence-corrected chi connectivity index (χ2v) is 18.0. The fourth-order valence-corrected chi connectivity index (χ4v) is 9.39. The molecule has 3 aliphatic heterocycles. The van der Waals surface area contributed by atoms with E-state index in [1.807, 2.05) is 84.6 Å². The van der Waals surface area contributed by atoms with E-state index < -0.39 is 72.5 Å². The average Bonchev–Trinajstić information content (AvgIpc) is 4.09. The number of anilines is 4. The van der Waals surface area contributed by atoms with Crippen LogP contribution in [-0.4, -0.2) is 159 Å². The molecular formula is C49H72ClN5O12. The first-order valence-electron chi connectivity index (χ1n) is 23.0. The molecule has 0 bridgehead atoms. The number of aliphatic hydroxyl groups is 5. The number of esters is 1. The molecule has 2 amide bonds. The average molecular weight is 959 g/mol. The summed E-state index contributed by atoms with van der Waals surface area (Å²) in [6, 6.07) is 14.9. The van der Waals surface area contributed by atoms with Gasteiger partial charge in [0.15, 0.2) is 18.0 Å². The predicted octanol–water partition coefficient (Wildman–Crippen LogP) is 2.76. The number of nitrogens with zero attached hydrogens (tertiary/aromatic N) is 4. The number of carbonyl (C=O) groups is 4. The van der Waals surface area contributed by atoms with Crippen molar-refractivity contribution in [1.29, 1.82) is 0 Å². The number of fused-ring (bicyclic) bond motifs is 2. The quantitative estimate of drug-likeness (QED) is 0.125. The molecule has 67 heavy (non-hydrogen) atoms. The van der Waals surface area contributed by atoms with Gasteiger partial charge >= 0.3 is 5.97 Å². The lowest BCUT2D eigenvalue weighted by molar-refractivity contribution is -0.150. The standard InChI is InChI=1S/C25H36N2O6.C13H20O5.C11H15N3O.ClH/c1-26-15-17(25(32)27(2)19-11-7-6-10-18(19)26)14-21(29)24(33-3)23(31)22(30)20(28)13-12-16-8-4-5-9-16;1-17-12-10(15)11(18-13(12)16)9(14)7-6-8-4-2-3-5-8;1-13-7-8(12)11(15)14(2)10-6-4-3-5-9(10)13;/h6-7,10-13,16-17,20,22-24,28,30-31H,4-5,8-9,14-15H2,1-3H3;6-12,14-15H,2-5H2,1H3;3-6,8H,7,12H2,1-2H3;1H/b13-12+;7-6+;;/t17-,20+,22-,23+,24-;9-,10-,11+,12-;8-;/m010./s1. The van der Waals surface area contributed by atoms with E-state index in [2.05, 4.69) is 0 Å². The van der Waals surface area contributed by atoms with Gasteiger partial charge in [-0.1, -0.05) is 74.3 Å². The smallest absolute Gasteiger partial charge is 0.338 e. The van der Waals surface area contributed by atoms with Gasteiger partial charge in [0, 0.05) is 61.9 Å². The number of Topliss-reactive ketones (excluding diaryl/α,β-unsaturated/α-hetero) is 1. The highest BCUT2D eigenvalue weighted by atomic mass is 35.5.